The van der Waals surface area contributed by atoms with Crippen LogP contribution < -0.4 is 10.2 Å². The number of nitrogens with zero attached hydrogens (tertiary/aromatic N) is 8. The van der Waals surface area contributed by atoms with Crippen LogP contribution in [-0.4, -0.2) is 73.1 Å². The van der Waals surface area contributed by atoms with Gasteiger partial charge in [0.25, 0.3) is 0 Å². The van der Waals surface area contributed by atoms with Crippen LogP contribution in [0.4, 0.5) is 14.6 Å². The maximum atomic E-state index is 14.5. The van der Waals surface area contributed by atoms with Gasteiger partial charge in [-0.2, -0.15) is 5.10 Å². The van der Waals surface area contributed by atoms with E-state index >= 15 is 0 Å². The topological polar surface area (TPSA) is 96.5 Å². The average molecular weight is 494 g/mol. The van der Waals surface area contributed by atoms with E-state index in [1.165, 1.54) is 16.8 Å². The second kappa shape index (κ2) is 9.26. The Bertz CT molecular complexity index is 1410. The molecule has 1 aromatic carbocycles. The third-order valence-corrected chi connectivity index (χ3v) is 6.80. The molecule has 1 N–H and O–H groups in total. The van der Waals surface area contributed by atoms with Crippen LogP contribution in [0.5, 0.6) is 0 Å². The number of nitrogens with one attached hydrogen (secondary N) is 1. The van der Waals surface area contributed by atoms with Crippen LogP contribution in [0.2, 0.25) is 0 Å². The highest BCUT2D eigenvalue weighted by molar-refractivity contribution is 5.77. The largest absolute Gasteiger partial charge is 0.349 e. The molecular weight excluding hydrogens is 468 g/mol. The van der Waals surface area contributed by atoms with Gasteiger partial charge in [-0.05, 0) is 37.1 Å². The molecule has 186 valence electrons. The van der Waals surface area contributed by atoms with Crippen molar-refractivity contribution in [2.45, 2.75) is 25.4 Å². The Hall–Kier alpha value is -3.93. The van der Waals surface area contributed by atoms with Crippen LogP contribution in [0.1, 0.15) is 24.4 Å². The molecule has 6 rings (SSSR count). The Morgan fingerprint density at radius 1 is 1.14 bits per heavy atom. The van der Waals surface area contributed by atoms with E-state index in [1.54, 1.807) is 23.1 Å². The first-order valence-electron chi connectivity index (χ1n) is 12.0. The third-order valence-electron chi connectivity index (χ3n) is 6.80. The van der Waals surface area contributed by atoms with Crippen molar-refractivity contribution in [3.63, 3.8) is 0 Å². The smallest absolute Gasteiger partial charge is 0.244 e. The number of piperazine rings is 1. The summed E-state index contributed by atoms with van der Waals surface area (Å²) in [6.07, 6.45) is 6.71. The zero-order valence-electron chi connectivity index (χ0n) is 19.5. The molecule has 12 heteroatoms. The molecule has 4 aromatic rings. The minimum absolute atomic E-state index is 0.00196. The van der Waals surface area contributed by atoms with Crippen LogP contribution in [0.25, 0.3) is 16.9 Å². The fraction of sp³-hybridized carbons (Fsp3) is 0.375. The van der Waals surface area contributed by atoms with Crippen LogP contribution >= 0.6 is 0 Å². The number of halogens is 2. The van der Waals surface area contributed by atoms with Gasteiger partial charge in [-0.1, -0.05) is 5.21 Å². The predicted octanol–water partition coefficient (Wildman–Crippen LogP) is 2.04. The summed E-state index contributed by atoms with van der Waals surface area (Å²) in [6, 6.07) is 5.08. The molecule has 3 aromatic heterocycles. The molecule has 1 unspecified atom stereocenters. The van der Waals surface area contributed by atoms with Gasteiger partial charge in [0.1, 0.15) is 29.7 Å². The molecule has 2 saturated heterocycles. The van der Waals surface area contributed by atoms with Crippen molar-refractivity contribution < 1.29 is 13.6 Å². The second-order valence-corrected chi connectivity index (χ2v) is 9.06. The van der Waals surface area contributed by atoms with Gasteiger partial charge in [-0.3, -0.25) is 4.79 Å². The number of benzene rings is 1. The van der Waals surface area contributed by atoms with Crippen LogP contribution in [0, 0.1) is 11.6 Å². The number of fused-ring (bicyclic) bond motifs is 1. The molecule has 0 radical (unpaired) electrons. The zero-order chi connectivity index (χ0) is 24.6. The Labute approximate surface area is 205 Å². The van der Waals surface area contributed by atoms with Crippen molar-refractivity contribution in [2.75, 3.05) is 37.6 Å². The number of aromatic nitrogens is 6. The lowest BCUT2D eigenvalue weighted by atomic mass is 10.0. The highest BCUT2D eigenvalue weighted by atomic mass is 19.1. The lowest BCUT2D eigenvalue weighted by molar-refractivity contribution is -0.132. The summed E-state index contributed by atoms with van der Waals surface area (Å²) in [5.74, 6) is -0.237. The van der Waals surface area contributed by atoms with Gasteiger partial charge in [-0.15, -0.1) is 5.10 Å². The fourth-order valence-corrected chi connectivity index (χ4v) is 4.99. The van der Waals surface area contributed by atoms with Crippen molar-refractivity contribution in [3.8, 4) is 11.3 Å². The van der Waals surface area contributed by atoms with Crippen molar-refractivity contribution in [1.29, 1.82) is 0 Å². The molecule has 1 amide bonds. The summed E-state index contributed by atoms with van der Waals surface area (Å²) < 4.78 is 31.6. The molecule has 0 bridgehead atoms. The molecule has 0 saturated carbocycles. The van der Waals surface area contributed by atoms with Gasteiger partial charge in [0.2, 0.25) is 5.91 Å². The number of hydrogen-bond donors (Lipinski definition) is 1. The highest BCUT2D eigenvalue weighted by Crippen LogP contribution is 2.37. The fourth-order valence-electron chi connectivity index (χ4n) is 4.99. The minimum Gasteiger partial charge on any atom is -0.349 e. The van der Waals surface area contributed by atoms with Crippen LogP contribution in [-0.2, 0) is 11.3 Å². The Balaban J connectivity index is 1.27. The summed E-state index contributed by atoms with van der Waals surface area (Å²) in [4.78, 5) is 21.2. The minimum atomic E-state index is -0.460. The number of rotatable bonds is 5. The molecule has 1 atom stereocenters. The van der Waals surface area contributed by atoms with E-state index in [4.69, 9.17) is 4.98 Å². The van der Waals surface area contributed by atoms with E-state index < -0.39 is 11.6 Å². The SMILES string of the molecule is O=C(Cn1cc(-c2cnn3ccc(N4CCCC4c4cc(F)ccc4F)nc23)nn1)N1CCNCC1. The average Bonchev–Trinajstić information content (AvgIpc) is 3.65. The van der Waals surface area contributed by atoms with E-state index in [9.17, 15) is 13.6 Å². The Kier molecular flexibility index (Phi) is 5.80. The number of carbonyl (C=O) groups is 1. The van der Waals surface area contributed by atoms with Gasteiger partial charge in [0, 0.05) is 44.5 Å². The van der Waals surface area contributed by atoms with Gasteiger partial charge in [0.15, 0.2) is 5.65 Å². The number of amides is 1. The molecule has 2 aliphatic heterocycles. The first-order chi connectivity index (χ1) is 17.6. The molecule has 36 heavy (non-hydrogen) atoms. The van der Waals surface area contributed by atoms with Crippen molar-refractivity contribution in [3.05, 3.63) is 60.1 Å². The van der Waals surface area contributed by atoms with E-state index in [0.717, 1.165) is 25.6 Å². The lowest BCUT2D eigenvalue weighted by Crippen LogP contribution is -2.47. The quantitative estimate of drug-likeness (QED) is 0.455. The van der Waals surface area contributed by atoms with Crippen LogP contribution in [0.15, 0.2) is 42.9 Å². The van der Waals surface area contributed by atoms with Crippen molar-refractivity contribution in [2.24, 2.45) is 0 Å². The number of anilines is 1. The van der Waals surface area contributed by atoms with Crippen molar-refractivity contribution >= 4 is 17.4 Å². The zero-order valence-corrected chi connectivity index (χ0v) is 19.5. The molecular formula is C24H25F2N9O. The van der Waals surface area contributed by atoms with E-state index in [1.807, 2.05) is 15.9 Å². The molecule has 2 aliphatic rings. The standard InChI is InChI=1S/C24H25F2N9O/c25-16-3-4-19(26)17(12-16)21-2-1-8-34(21)22-5-9-35-24(29-22)18(13-28-35)20-14-33(31-30-20)15-23(36)32-10-6-27-7-11-32/h3-5,9,12-14,21,27H,1-2,6-8,10-11,15H2. The van der Waals surface area contributed by atoms with E-state index in [2.05, 4.69) is 20.7 Å². The summed E-state index contributed by atoms with van der Waals surface area (Å²) in [5, 5.41) is 16.0. The molecule has 0 aliphatic carbocycles. The third kappa shape index (κ3) is 4.17. The number of hydrogen-bond acceptors (Lipinski definition) is 7. The molecule has 0 spiro atoms. The van der Waals surface area contributed by atoms with E-state index in [-0.39, 0.29) is 18.5 Å². The highest BCUT2D eigenvalue weighted by Gasteiger charge is 2.30. The maximum Gasteiger partial charge on any atom is 0.244 e. The summed E-state index contributed by atoms with van der Waals surface area (Å²) in [6.45, 7) is 3.72. The lowest BCUT2D eigenvalue weighted by Gasteiger charge is -2.27. The van der Waals surface area contributed by atoms with Gasteiger partial charge in [0.05, 0.1) is 24.0 Å². The Morgan fingerprint density at radius 2 is 2.00 bits per heavy atom. The first-order valence-corrected chi connectivity index (χ1v) is 12.0. The maximum absolute atomic E-state index is 14.5. The first kappa shape index (κ1) is 22.5. The Morgan fingerprint density at radius 3 is 2.86 bits per heavy atom. The summed E-state index contributed by atoms with van der Waals surface area (Å²) in [7, 11) is 0. The van der Waals surface area contributed by atoms with E-state index in [0.29, 0.717) is 54.3 Å². The van der Waals surface area contributed by atoms with Gasteiger partial charge < -0.3 is 15.1 Å². The van der Waals surface area contributed by atoms with Crippen molar-refractivity contribution in [1.82, 2.24) is 39.8 Å². The van der Waals surface area contributed by atoms with Crippen LogP contribution in [0.3, 0.4) is 0 Å². The summed E-state index contributed by atoms with van der Waals surface area (Å²) >= 11 is 0. The van der Waals surface area contributed by atoms with Gasteiger partial charge in [-0.25, -0.2) is 23.0 Å². The summed E-state index contributed by atoms with van der Waals surface area (Å²) in [5.41, 5.74) is 2.13. The monoisotopic (exact) mass is 493 g/mol. The van der Waals surface area contributed by atoms with Gasteiger partial charge >= 0.3 is 0 Å². The number of carbonyl (C=O) groups excluding carboxylic acids is 1. The molecule has 2 fully saturated rings. The predicted molar refractivity (Wildman–Crippen MR) is 127 cm³/mol. The normalized spacial score (nSPS) is 18.3. The second-order valence-electron chi connectivity index (χ2n) is 9.06. The molecule has 5 heterocycles. The molecule has 10 nitrogen and oxygen atoms in total.